The van der Waals surface area contributed by atoms with Crippen LogP contribution in [-0.2, 0) is 0 Å². The molecule has 2 heterocycles. The van der Waals surface area contributed by atoms with Gasteiger partial charge in [-0.15, -0.1) is 0 Å². The van der Waals surface area contributed by atoms with Gasteiger partial charge >= 0.3 is 0 Å². The van der Waals surface area contributed by atoms with Crippen LogP contribution in [0.4, 0.5) is 0 Å². The zero-order valence-electron chi connectivity index (χ0n) is 13.0. The zero-order valence-corrected chi connectivity index (χ0v) is 13.0. The van der Waals surface area contributed by atoms with Gasteiger partial charge in [0.05, 0.1) is 6.61 Å². The van der Waals surface area contributed by atoms with Gasteiger partial charge in [-0.25, -0.2) is 0 Å². The highest BCUT2D eigenvalue weighted by Crippen LogP contribution is 2.31. The molecular weight excluding hydrogens is 274 g/mol. The summed E-state index contributed by atoms with van der Waals surface area (Å²) in [7, 11) is 0. The molecule has 2 aliphatic heterocycles. The average Bonchev–Trinajstić information content (AvgIpc) is 2.86. The van der Waals surface area contributed by atoms with Gasteiger partial charge in [0.15, 0.2) is 0 Å². The van der Waals surface area contributed by atoms with E-state index in [1.165, 1.54) is 23.6 Å². The number of fused-ring (bicyclic) bond motifs is 3. The highest BCUT2D eigenvalue weighted by atomic mass is 16.5. The second kappa shape index (κ2) is 5.81. The van der Waals surface area contributed by atoms with E-state index >= 15 is 0 Å². The zero-order chi connectivity index (χ0) is 14.9. The molecule has 3 heteroatoms. The van der Waals surface area contributed by atoms with Gasteiger partial charge in [0.1, 0.15) is 17.6 Å². The maximum atomic E-state index is 6.25. The minimum atomic E-state index is 0.360. The molecular formula is C19H23NO2. The number of ether oxygens (including phenoxy) is 2. The van der Waals surface area contributed by atoms with E-state index in [0.29, 0.717) is 24.8 Å². The smallest absolute Gasteiger partial charge is 0.120 e. The molecule has 1 N–H and O–H groups in total. The molecule has 2 aromatic carbocycles. The van der Waals surface area contributed by atoms with Gasteiger partial charge in [0.2, 0.25) is 0 Å². The van der Waals surface area contributed by atoms with Crippen LogP contribution in [0.15, 0.2) is 36.4 Å². The van der Waals surface area contributed by atoms with E-state index in [0.717, 1.165) is 24.3 Å². The lowest BCUT2D eigenvalue weighted by Crippen LogP contribution is -2.42. The summed E-state index contributed by atoms with van der Waals surface area (Å²) >= 11 is 0. The Labute approximate surface area is 131 Å². The van der Waals surface area contributed by atoms with E-state index in [1.54, 1.807) is 0 Å². The topological polar surface area (TPSA) is 30.5 Å². The predicted octanol–water partition coefficient (Wildman–Crippen LogP) is 3.90. The Morgan fingerprint density at radius 2 is 1.59 bits per heavy atom. The average molecular weight is 297 g/mol. The Bertz CT molecular complexity index is 658. The van der Waals surface area contributed by atoms with E-state index in [4.69, 9.17) is 9.47 Å². The van der Waals surface area contributed by atoms with Crippen LogP contribution in [0.5, 0.6) is 11.5 Å². The summed E-state index contributed by atoms with van der Waals surface area (Å²) in [6.07, 6.45) is 5.25. The van der Waals surface area contributed by atoms with Gasteiger partial charge in [-0.1, -0.05) is 12.1 Å². The number of hydrogen-bond donors (Lipinski definition) is 1. The van der Waals surface area contributed by atoms with Crippen molar-refractivity contribution in [3.8, 4) is 11.5 Å². The van der Waals surface area contributed by atoms with Crippen LogP contribution in [-0.4, -0.2) is 24.8 Å². The van der Waals surface area contributed by atoms with Crippen molar-refractivity contribution < 1.29 is 9.47 Å². The van der Waals surface area contributed by atoms with Crippen LogP contribution in [0.25, 0.3) is 10.8 Å². The molecule has 0 spiro atoms. The molecule has 0 amide bonds. The normalized spacial score (nSPS) is 27.0. The Morgan fingerprint density at radius 3 is 2.27 bits per heavy atom. The molecule has 0 saturated carbocycles. The molecule has 0 aliphatic carbocycles. The second-order valence-corrected chi connectivity index (χ2v) is 6.45. The fourth-order valence-electron chi connectivity index (χ4n) is 3.83. The summed E-state index contributed by atoms with van der Waals surface area (Å²) in [5, 5.41) is 6.06. The van der Waals surface area contributed by atoms with Gasteiger partial charge in [-0.2, -0.15) is 0 Å². The van der Waals surface area contributed by atoms with E-state index < -0.39 is 0 Å². The lowest BCUT2D eigenvalue weighted by Gasteiger charge is -2.29. The molecule has 0 aromatic heterocycles. The summed E-state index contributed by atoms with van der Waals surface area (Å²) in [6.45, 7) is 2.71. The lowest BCUT2D eigenvalue weighted by molar-refractivity contribution is 0.137. The second-order valence-electron chi connectivity index (χ2n) is 6.45. The minimum Gasteiger partial charge on any atom is -0.494 e. The van der Waals surface area contributed by atoms with Crippen molar-refractivity contribution in [3.05, 3.63) is 36.4 Å². The minimum absolute atomic E-state index is 0.360. The first kappa shape index (κ1) is 13.9. The van der Waals surface area contributed by atoms with Crippen molar-refractivity contribution in [2.45, 2.75) is 50.8 Å². The third kappa shape index (κ3) is 2.78. The summed E-state index contributed by atoms with van der Waals surface area (Å²) in [5.74, 6) is 1.92. The number of rotatable bonds is 4. The molecule has 1 unspecified atom stereocenters. The van der Waals surface area contributed by atoms with Gasteiger partial charge in [-0.3, -0.25) is 0 Å². The highest BCUT2D eigenvalue weighted by Gasteiger charge is 2.34. The molecule has 22 heavy (non-hydrogen) atoms. The molecule has 2 aromatic rings. The van der Waals surface area contributed by atoms with Crippen LogP contribution in [0.1, 0.15) is 32.6 Å². The fourth-order valence-corrected chi connectivity index (χ4v) is 3.83. The molecule has 4 rings (SSSR count). The van der Waals surface area contributed by atoms with Gasteiger partial charge < -0.3 is 14.8 Å². The van der Waals surface area contributed by atoms with E-state index in [9.17, 15) is 0 Å². The fraction of sp³-hybridized carbons (Fsp3) is 0.474. The monoisotopic (exact) mass is 297 g/mol. The lowest BCUT2D eigenvalue weighted by atomic mass is 10.0. The largest absolute Gasteiger partial charge is 0.494 e. The first-order valence-electron chi connectivity index (χ1n) is 8.39. The summed E-state index contributed by atoms with van der Waals surface area (Å²) in [5.41, 5.74) is 0. The number of hydrogen-bond acceptors (Lipinski definition) is 3. The predicted molar refractivity (Wildman–Crippen MR) is 88.7 cm³/mol. The van der Waals surface area contributed by atoms with Crippen LogP contribution < -0.4 is 14.8 Å². The van der Waals surface area contributed by atoms with E-state index in [1.807, 2.05) is 13.0 Å². The summed E-state index contributed by atoms with van der Waals surface area (Å²) in [6, 6.07) is 13.9. The number of benzene rings is 2. The number of nitrogens with one attached hydrogen (secondary N) is 1. The van der Waals surface area contributed by atoms with Crippen LogP contribution in [0.2, 0.25) is 0 Å². The molecule has 0 radical (unpaired) electrons. The van der Waals surface area contributed by atoms with Crippen LogP contribution >= 0.6 is 0 Å². The van der Waals surface area contributed by atoms with E-state index in [2.05, 4.69) is 35.6 Å². The molecule has 2 fully saturated rings. The molecule has 2 saturated heterocycles. The Morgan fingerprint density at radius 1 is 0.955 bits per heavy atom. The highest BCUT2D eigenvalue weighted by molar-refractivity contribution is 5.85. The third-order valence-corrected chi connectivity index (χ3v) is 4.83. The van der Waals surface area contributed by atoms with Crippen LogP contribution in [0, 0.1) is 0 Å². The maximum Gasteiger partial charge on any atom is 0.120 e. The quantitative estimate of drug-likeness (QED) is 0.928. The maximum absolute atomic E-state index is 6.25. The summed E-state index contributed by atoms with van der Waals surface area (Å²) < 4.78 is 11.8. The van der Waals surface area contributed by atoms with Crippen molar-refractivity contribution in [3.63, 3.8) is 0 Å². The van der Waals surface area contributed by atoms with Gasteiger partial charge in [0, 0.05) is 12.1 Å². The molecule has 2 bridgehead atoms. The molecule has 116 valence electrons. The van der Waals surface area contributed by atoms with Crippen molar-refractivity contribution in [1.82, 2.24) is 5.32 Å². The Balaban J connectivity index is 1.51. The van der Waals surface area contributed by atoms with Crippen molar-refractivity contribution in [2.75, 3.05) is 6.61 Å². The summed E-state index contributed by atoms with van der Waals surface area (Å²) in [4.78, 5) is 0. The number of piperidine rings is 1. The Kier molecular flexibility index (Phi) is 3.67. The molecule has 3 nitrogen and oxygen atoms in total. The van der Waals surface area contributed by atoms with Gasteiger partial charge in [-0.05, 0) is 67.6 Å². The Hall–Kier alpha value is -1.74. The van der Waals surface area contributed by atoms with Crippen molar-refractivity contribution >= 4 is 10.8 Å². The SMILES string of the molecule is CCOc1ccc2cc(OC3C[C@H]4CC[C@@H](C3)N4)ccc2c1. The molecule has 2 aliphatic rings. The molecule has 3 atom stereocenters. The van der Waals surface area contributed by atoms with Gasteiger partial charge in [0.25, 0.3) is 0 Å². The van der Waals surface area contributed by atoms with Crippen molar-refractivity contribution in [2.24, 2.45) is 0 Å². The first-order valence-corrected chi connectivity index (χ1v) is 8.39. The third-order valence-electron chi connectivity index (χ3n) is 4.83. The first-order chi connectivity index (χ1) is 10.8. The van der Waals surface area contributed by atoms with E-state index in [-0.39, 0.29) is 0 Å². The van der Waals surface area contributed by atoms with Crippen molar-refractivity contribution in [1.29, 1.82) is 0 Å². The van der Waals surface area contributed by atoms with Crippen LogP contribution in [0.3, 0.4) is 0 Å². The standard InChI is InChI=1S/C19H23NO2/c1-2-21-17-7-3-14-10-18(8-4-13(14)9-17)22-19-11-15-5-6-16(12-19)20-15/h3-4,7-10,15-16,19-20H,2,5-6,11-12H2,1H3/t15-,16+,19?.